The van der Waals surface area contributed by atoms with E-state index in [1.807, 2.05) is 25.6 Å². The molecule has 5 heteroatoms. The van der Waals surface area contributed by atoms with Crippen molar-refractivity contribution in [1.82, 2.24) is 19.3 Å². The molecule has 0 N–H and O–H groups in total. The third-order valence-electron chi connectivity index (χ3n) is 4.93. The lowest BCUT2D eigenvalue weighted by atomic mass is 9.67. The average molecular weight is 295 g/mol. The Kier molecular flexibility index (Phi) is 3.32. The Labute approximate surface area is 125 Å². The van der Waals surface area contributed by atoms with Gasteiger partial charge in [-0.2, -0.15) is 5.10 Å². The predicted octanol–water partition coefficient (Wildman–Crippen LogP) is 3.96. The summed E-state index contributed by atoms with van der Waals surface area (Å²) in [6.07, 6.45) is 5.20. The molecule has 0 spiro atoms. The fourth-order valence-corrected chi connectivity index (χ4v) is 3.61. The van der Waals surface area contributed by atoms with Crippen LogP contribution in [0.4, 0.5) is 0 Å². The van der Waals surface area contributed by atoms with Crippen molar-refractivity contribution < 1.29 is 0 Å². The van der Waals surface area contributed by atoms with Crippen LogP contribution in [0.15, 0.2) is 0 Å². The lowest BCUT2D eigenvalue weighted by Crippen LogP contribution is -2.34. The minimum Gasteiger partial charge on any atom is -0.311 e. The first-order valence-corrected chi connectivity index (χ1v) is 7.95. The van der Waals surface area contributed by atoms with Gasteiger partial charge in [0.25, 0.3) is 0 Å². The predicted molar refractivity (Wildman–Crippen MR) is 82.1 cm³/mol. The van der Waals surface area contributed by atoms with Gasteiger partial charge in [0.15, 0.2) is 5.65 Å². The van der Waals surface area contributed by atoms with E-state index in [1.54, 1.807) is 0 Å². The van der Waals surface area contributed by atoms with Crippen LogP contribution in [0.2, 0.25) is 0 Å². The number of halogens is 1. The topological polar surface area (TPSA) is 35.6 Å². The smallest absolute Gasteiger partial charge is 0.158 e. The van der Waals surface area contributed by atoms with Crippen LogP contribution in [0.1, 0.15) is 56.4 Å². The van der Waals surface area contributed by atoms with Gasteiger partial charge >= 0.3 is 0 Å². The van der Waals surface area contributed by atoms with Gasteiger partial charge in [0.2, 0.25) is 0 Å². The Bertz CT molecular complexity index is 628. The molecule has 110 valence electrons. The number of fused-ring (bicyclic) bond motifs is 1. The fourth-order valence-electron chi connectivity index (χ4n) is 3.45. The van der Waals surface area contributed by atoms with E-state index < -0.39 is 0 Å². The second-order valence-corrected chi connectivity index (χ2v) is 6.92. The highest BCUT2D eigenvalue weighted by molar-refractivity contribution is 6.20. The number of hydrogen-bond acceptors (Lipinski definition) is 2. The Balaban J connectivity index is 2.13. The molecule has 2 aromatic heterocycles. The summed E-state index contributed by atoms with van der Waals surface area (Å²) in [6, 6.07) is 0. The number of aromatic nitrogens is 4. The first-order chi connectivity index (χ1) is 9.47. The van der Waals surface area contributed by atoms with Crippen molar-refractivity contribution in [2.24, 2.45) is 12.5 Å². The summed E-state index contributed by atoms with van der Waals surface area (Å²) < 4.78 is 4.26. The van der Waals surface area contributed by atoms with E-state index >= 15 is 0 Å². The molecule has 3 rings (SSSR count). The van der Waals surface area contributed by atoms with Crippen molar-refractivity contribution in [3.05, 3.63) is 11.5 Å². The molecule has 0 bridgehead atoms. The van der Waals surface area contributed by atoms with Gasteiger partial charge in [-0.05, 0) is 38.5 Å². The fraction of sp³-hybridized carbons (Fsp3) is 0.733. The molecule has 1 atom stereocenters. The number of hydrogen-bond donors (Lipinski definition) is 0. The first kappa shape index (κ1) is 13.9. The molecule has 2 aromatic rings. The molecule has 1 aliphatic carbocycles. The van der Waals surface area contributed by atoms with Gasteiger partial charge in [0, 0.05) is 13.6 Å². The van der Waals surface area contributed by atoms with Crippen molar-refractivity contribution in [3.63, 3.8) is 0 Å². The van der Waals surface area contributed by atoms with Crippen LogP contribution in [0.3, 0.4) is 0 Å². The van der Waals surface area contributed by atoms with Crippen LogP contribution < -0.4 is 0 Å². The zero-order valence-corrected chi connectivity index (χ0v) is 13.5. The van der Waals surface area contributed by atoms with Crippen LogP contribution in [0, 0.1) is 12.3 Å². The first-order valence-electron chi connectivity index (χ1n) is 7.51. The van der Waals surface area contributed by atoms with Crippen LogP contribution >= 0.6 is 11.6 Å². The number of rotatable bonds is 4. The highest BCUT2D eigenvalue weighted by Gasteiger charge is 2.37. The lowest BCUT2D eigenvalue weighted by Gasteiger charge is -2.42. The average Bonchev–Trinajstić information content (AvgIpc) is 2.84. The number of alkyl halides is 1. The number of imidazole rings is 1. The number of aryl methyl sites for hydroxylation is 2. The van der Waals surface area contributed by atoms with Crippen molar-refractivity contribution >= 4 is 22.8 Å². The molecule has 0 aromatic carbocycles. The van der Waals surface area contributed by atoms with E-state index in [0.717, 1.165) is 29.2 Å². The second-order valence-electron chi connectivity index (χ2n) is 6.26. The molecular weight excluding hydrogens is 272 g/mol. The van der Waals surface area contributed by atoms with Gasteiger partial charge in [-0.15, -0.1) is 11.6 Å². The van der Waals surface area contributed by atoms with E-state index in [2.05, 4.69) is 16.6 Å². The molecule has 1 fully saturated rings. The van der Waals surface area contributed by atoms with E-state index in [0.29, 0.717) is 5.41 Å². The van der Waals surface area contributed by atoms with E-state index in [9.17, 15) is 0 Å². The van der Waals surface area contributed by atoms with Crippen molar-refractivity contribution in [3.8, 4) is 0 Å². The molecule has 0 aliphatic heterocycles. The Morgan fingerprint density at radius 3 is 2.60 bits per heavy atom. The maximum absolute atomic E-state index is 6.36. The van der Waals surface area contributed by atoms with Crippen LogP contribution in [0.25, 0.3) is 11.2 Å². The molecular formula is C15H23ClN4. The van der Waals surface area contributed by atoms with Crippen molar-refractivity contribution in [1.29, 1.82) is 0 Å². The maximum atomic E-state index is 6.36. The van der Waals surface area contributed by atoms with Crippen molar-refractivity contribution in [2.45, 2.75) is 58.4 Å². The van der Waals surface area contributed by atoms with Gasteiger partial charge in [-0.1, -0.05) is 13.3 Å². The minimum absolute atomic E-state index is 0.0733. The zero-order valence-electron chi connectivity index (χ0n) is 12.8. The lowest BCUT2D eigenvalue weighted by molar-refractivity contribution is 0.100. The van der Waals surface area contributed by atoms with E-state index in [-0.39, 0.29) is 5.38 Å². The molecule has 20 heavy (non-hydrogen) atoms. The van der Waals surface area contributed by atoms with Gasteiger partial charge in [-0.3, -0.25) is 4.68 Å². The van der Waals surface area contributed by atoms with E-state index in [4.69, 9.17) is 16.6 Å². The molecule has 0 saturated heterocycles. The Hall–Kier alpha value is -1.03. The third kappa shape index (κ3) is 1.96. The zero-order chi connectivity index (χ0) is 14.5. The van der Waals surface area contributed by atoms with Gasteiger partial charge in [-0.25, -0.2) is 4.98 Å². The standard InChI is InChI=1S/C15H23ClN4/c1-5-15(7-6-8-15)9-20-13(10(2)16)17-12-11(3)18-19(4)14(12)20/h10H,5-9H2,1-4H3. The van der Waals surface area contributed by atoms with Gasteiger partial charge < -0.3 is 4.57 Å². The van der Waals surface area contributed by atoms with E-state index in [1.165, 1.54) is 25.7 Å². The molecule has 0 amide bonds. The van der Waals surface area contributed by atoms with Crippen LogP contribution in [0.5, 0.6) is 0 Å². The summed E-state index contributed by atoms with van der Waals surface area (Å²) in [7, 11) is 2.00. The highest BCUT2D eigenvalue weighted by atomic mass is 35.5. The van der Waals surface area contributed by atoms with Gasteiger partial charge in [0.1, 0.15) is 11.3 Å². The highest BCUT2D eigenvalue weighted by Crippen LogP contribution is 2.46. The van der Waals surface area contributed by atoms with Crippen LogP contribution in [-0.2, 0) is 13.6 Å². The summed E-state index contributed by atoms with van der Waals surface area (Å²) in [6.45, 7) is 7.33. The maximum Gasteiger partial charge on any atom is 0.158 e. The molecule has 1 unspecified atom stereocenters. The number of nitrogens with zero attached hydrogens (tertiary/aromatic N) is 4. The third-order valence-corrected chi connectivity index (χ3v) is 5.13. The quantitative estimate of drug-likeness (QED) is 0.800. The van der Waals surface area contributed by atoms with Crippen LogP contribution in [-0.4, -0.2) is 19.3 Å². The van der Waals surface area contributed by atoms with Crippen molar-refractivity contribution in [2.75, 3.05) is 0 Å². The molecule has 1 saturated carbocycles. The summed E-state index contributed by atoms with van der Waals surface area (Å²) in [5.41, 5.74) is 3.54. The molecule has 2 heterocycles. The summed E-state index contributed by atoms with van der Waals surface area (Å²) in [5, 5.41) is 4.43. The van der Waals surface area contributed by atoms with Gasteiger partial charge in [0.05, 0.1) is 11.1 Å². The normalized spacial score (nSPS) is 19.2. The molecule has 0 radical (unpaired) electrons. The largest absolute Gasteiger partial charge is 0.311 e. The minimum atomic E-state index is -0.0733. The Morgan fingerprint density at radius 1 is 1.40 bits per heavy atom. The molecule has 1 aliphatic rings. The SMILES string of the molecule is CCC1(Cn2c(C(C)Cl)nc3c(C)nn(C)c32)CCC1. The second kappa shape index (κ2) is 4.76. The summed E-state index contributed by atoms with van der Waals surface area (Å²) in [5.74, 6) is 0.984. The Morgan fingerprint density at radius 2 is 2.10 bits per heavy atom. The summed E-state index contributed by atoms with van der Waals surface area (Å²) >= 11 is 6.36. The molecule has 4 nitrogen and oxygen atoms in total. The monoisotopic (exact) mass is 294 g/mol. The summed E-state index contributed by atoms with van der Waals surface area (Å²) in [4.78, 5) is 4.76.